The molecule has 5 rings (SSSR count). The van der Waals surface area contributed by atoms with Crippen LogP contribution in [-0.4, -0.2) is 41.9 Å². The minimum Gasteiger partial charge on any atom is -0.481 e. The molecule has 0 spiro atoms. The number of halogens is 2. The van der Waals surface area contributed by atoms with E-state index in [-0.39, 0.29) is 11.7 Å². The van der Waals surface area contributed by atoms with Crippen LogP contribution in [0, 0.1) is 12.8 Å². The number of nitrogens with zero attached hydrogens (tertiary/aromatic N) is 2. The van der Waals surface area contributed by atoms with Gasteiger partial charge in [-0.05, 0) is 71.5 Å². The number of carboxylic acid groups (broad SMARTS) is 1. The number of carboxylic acids is 1. The quantitative estimate of drug-likeness (QED) is 0.489. The van der Waals surface area contributed by atoms with E-state index in [2.05, 4.69) is 34.3 Å². The summed E-state index contributed by atoms with van der Waals surface area (Å²) in [6.07, 6.45) is 1.89. The molecule has 0 bridgehead atoms. The second-order valence-corrected chi connectivity index (χ2v) is 9.65. The summed E-state index contributed by atoms with van der Waals surface area (Å²) in [7, 11) is 0. The maximum absolute atomic E-state index is 13.6. The number of benzene rings is 2. The van der Waals surface area contributed by atoms with Crippen molar-refractivity contribution in [1.82, 2.24) is 4.98 Å². The molecule has 36 heavy (non-hydrogen) atoms. The summed E-state index contributed by atoms with van der Waals surface area (Å²) in [5, 5.41) is 13.1. The number of aryl methyl sites for hydroxylation is 1. The number of rotatable bonds is 6. The van der Waals surface area contributed by atoms with E-state index in [0.717, 1.165) is 46.1 Å². The van der Waals surface area contributed by atoms with Crippen LogP contribution in [0.15, 0.2) is 54.7 Å². The van der Waals surface area contributed by atoms with Crippen LogP contribution < -0.4 is 10.2 Å². The molecule has 2 N–H and O–H groups in total. The van der Waals surface area contributed by atoms with Crippen LogP contribution >= 0.6 is 0 Å². The number of ether oxygens (including phenoxy) is 1. The van der Waals surface area contributed by atoms with E-state index < -0.39 is 17.8 Å². The lowest BCUT2D eigenvalue weighted by molar-refractivity contribution is -0.143. The monoisotopic (exact) mass is 493 g/mol. The van der Waals surface area contributed by atoms with Crippen molar-refractivity contribution in [2.75, 3.05) is 30.0 Å². The molecule has 0 aliphatic carbocycles. The molecule has 6 nitrogen and oxygen atoms in total. The fraction of sp³-hybridized carbons (Fsp3) is 0.357. The van der Waals surface area contributed by atoms with Gasteiger partial charge in [0.05, 0.1) is 25.2 Å². The Hall–Kier alpha value is -3.52. The Morgan fingerprint density at radius 1 is 1.22 bits per heavy atom. The number of fused-ring (bicyclic) bond motifs is 3. The molecule has 2 aromatic carbocycles. The molecular weight excluding hydrogens is 464 g/mol. The van der Waals surface area contributed by atoms with E-state index in [1.54, 1.807) is 6.07 Å². The van der Waals surface area contributed by atoms with Gasteiger partial charge in [-0.1, -0.05) is 18.2 Å². The number of alkyl halides is 2. The highest BCUT2D eigenvalue weighted by Crippen LogP contribution is 2.39. The number of anilines is 2. The average Bonchev–Trinajstić information content (AvgIpc) is 2.87. The van der Waals surface area contributed by atoms with Crippen LogP contribution in [0.3, 0.4) is 0 Å². The summed E-state index contributed by atoms with van der Waals surface area (Å²) in [6.45, 7) is 4.94. The number of hydrogen-bond acceptors (Lipinski definition) is 5. The highest BCUT2D eigenvalue weighted by molar-refractivity contribution is 5.79. The Bertz CT molecular complexity index is 1290. The molecule has 0 amide bonds. The van der Waals surface area contributed by atoms with Crippen LogP contribution in [0.2, 0.25) is 0 Å². The highest BCUT2D eigenvalue weighted by atomic mass is 19.3. The summed E-state index contributed by atoms with van der Waals surface area (Å²) in [5.41, 5.74) is 6.68. The number of morpholine rings is 1. The third-order valence-electron chi connectivity index (χ3n) is 7.10. The van der Waals surface area contributed by atoms with Crippen LogP contribution in [0.25, 0.3) is 11.1 Å². The van der Waals surface area contributed by atoms with Gasteiger partial charge in [-0.2, -0.15) is 8.78 Å². The molecule has 1 aromatic heterocycles. The number of hydrogen-bond donors (Lipinski definition) is 2. The van der Waals surface area contributed by atoms with Gasteiger partial charge in [-0.3, -0.25) is 9.78 Å². The van der Waals surface area contributed by atoms with Crippen LogP contribution in [0.5, 0.6) is 0 Å². The van der Waals surface area contributed by atoms with Crippen LogP contribution in [0.1, 0.15) is 29.3 Å². The molecular formula is C28H29F2N3O3. The average molecular weight is 494 g/mol. The zero-order chi connectivity index (χ0) is 25.4. The summed E-state index contributed by atoms with van der Waals surface area (Å²) in [4.78, 5) is 17.9. The number of pyridine rings is 1. The fourth-order valence-electron chi connectivity index (χ4n) is 5.12. The van der Waals surface area contributed by atoms with Crippen molar-refractivity contribution in [3.05, 3.63) is 77.1 Å². The lowest BCUT2D eigenvalue weighted by Gasteiger charge is -2.45. The Morgan fingerprint density at radius 3 is 2.83 bits per heavy atom. The highest BCUT2D eigenvalue weighted by Gasteiger charge is 2.40. The van der Waals surface area contributed by atoms with Gasteiger partial charge < -0.3 is 20.1 Å². The SMILES string of the molecule is Cc1ccc(NCc2ccnc(C(C)(F)F)c2)cc1-c1ccc2c(c1)N1CCOCC1C(C(=O)O)C2. The van der Waals surface area contributed by atoms with Crippen molar-refractivity contribution in [1.29, 1.82) is 0 Å². The maximum atomic E-state index is 13.6. The van der Waals surface area contributed by atoms with E-state index in [1.165, 1.54) is 12.3 Å². The van der Waals surface area contributed by atoms with E-state index in [4.69, 9.17) is 4.74 Å². The Kier molecular flexibility index (Phi) is 6.38. The Morgan fingerprint density at radius 2 is 2.06 bits per heavy atom. The van der Waals surface area contributed by atoms with E-state index in [9.17, 15) is 18.7 Å². The van der Waals surface area contributed by atoms with Crippen molar-refractivity contribution in [2.45, 2.75) is 38.8 Å². The minimum atomic E-state index is -2.98. The largest absolute Gasteiger partial charge is 0.481 e. The molecule has 8 heteroatoms. The third-order valence-corrected chi connectivity index (χ3v) is 7.10. The summed E-state index contributed by atoms with van der Waals surface area (Å²) in [6, 6.07) is 15.3. The lowest BCUT2D eigenvalue weighted by atomic mass is 9.84. The molecule has 3 aromatic rings. The van der Waals surface area contributed by atoms with Gasteiger partial charge in [0.25, 0.3) is 5.92 Å². The molecule has 2 unspecified atom stereocenters. The van der Waals surface area contributed by atoms with Crippen molar-refractivity contribution >= 4 is 17.3 Å². The second kappa shape index (κ2) is 9.50. The molecule has 2 atom stereocenters. The first-order valence-corrected chi connectivity index (χ1v) is 12.1. The van der Waals surface area contributed by atoms with Gasteiger partial charge in [-0.15, -0.1) is 0 Å². The topological polar surface area (TPSA) is 74.7 Å². The fourth-order valence-corrected chi connectivity index (χ4v) is 5.12. The van der Waals surface area contributed by atoms with Gasteiger partial charge in [-0.25, -0.2) is 0 Å². The van der Waals surface area contributed by atoms with Gasteiger partial charge in [0.2, 0.25) is 0 Å². The van der Waals surface area contributed by atoms with Gasteiger partial charge >= 0.3 is 5.97 Å². The third kappa shape index (κ3) is 4.78. The maximum Gasteiger partial charge on any atom is 0.309 e. The van der Waals surface area contributed by atoms with Gasteiger partial charge in [0.1, 0.15) is 5.69 Å². The molecule has 2 aliphatic heterocycles. The standard InChI is InChI=1S/C28H29F2N3O3/c1-17-3-6-21(32-15-18-7-8-31-26(11-18)28(2,29)30)14-22(17)19-4-5-20-12-23(27(34)35)25-16-36-10-9-33(25)24(20)13-19/h3-8,11,13-14,23,25,32H,9-10,12,15-16H2,1-2H3,(H,34,35). The van der Waals surface area contributed by atoms with E-state index in [1.807, 2.05) is 24.3 Å². The normalized spacial score (nSPS) is 19.4. The summed E-state index contributed by atoms with van der Waals surface area (Å²) in [5.74, 6) is -4.26. The van der Waals surface area contributed by atoms with Crippen LogP contribution in [0.4, 0.5) is 20.2 Å². The Labute approximate surface area is 208 Å². The molecule has 0 saturated carbocycles. The smallest absolute Gasteiger partial charge is 0.309 e. The zero-order valence-electron chi connectivity index (χ0n) is 20.3. The molecule has 1 saturated heterocycles. The number of nitrogens with one attached hydrogen (secondary N) is 1. The lowest BCUT2D eigenvalue weighted by Crippen LogP contribution is -2.54. The first kappa shape index (κ1) is 24.2. The Balaban J connectivity index is 1.41. The number of aliphatic carboxylic acids is 1. The van der Waals surface area contributed by atoms with Crippen molar-refractivity contribution in [3.8, 4) is 11.1 Å². The van der Waals surface area contributed by atoms with Crippen molar-refractivity contribution in [3.63, 3.8) is 0 Å². The minimum absolute atomic E-state index is 0.172. The molecule has 2 aliphatic rings. The molecule has 0 radical (unpaired) electrons. The summed E-state index contributed by atoms with van der Waals surface area (Å²) < 4.78 is 32.9. The predicted octanol–water partition coefficient (Wildman–Crippen LogP) is 5.24. The van der Waals surface area contributed by atoms with Gasteiger partial charge in [0.15, 0.2) is 0 Å². The predicted molar refractivity (Wildman–Crippen MR) is 135 cm³/mol. The molecule has 1 fully saturated rings. The summed E-state index contributed by atoms with van der Waals surface area (Å²) >= 11 is 0. The molecule has 3 heterocycles. The van der Waals surface area contributed by atoms with Crippen LogP contribution in [-0.2, 0) is 28.4 Å². The van der Waals surface area contributed by atoms with E-state index in [0.29, 0.717) is 32.7 Å². The molecule has 188 valence electrons. The van der Waals surface area contributed by atoms with Crippen molar-refractivity contribution < 1.29 is 23.4 Å². The van der Waals surface area contributed by atoms with Gasteiger partial charge in [0, 0.05) is 37.6 Å². The number of carbonyl (C=O) groups is 1. The van der Waals surface area contributed by atoms with E-state index >= 15 is 0 Å². The zero-order valence-corrected chi connectivity index (χ0v) is 20.3. The van der Waals surface area contributed by atoms with Crippen molar-refractivity contribution in [2.24, 2.45) is 5.92 Å². The first-order chi connectivity index (χ1) is 17.2. The number of aromatic nitrogens is 1. The first-order valence-electron chi connectivity index (χ1n) is 12.1. The second-order valence-electron chi connectivity index (χ2n) is 9.65.